The summed E-state index contributed by atoms with van der Waals surface area (Å²) in [5.74, 6) is 2.92. The van der Waals surface area contributed by atoms with Crippen LogP contribution in [0.1, 0.15) is 24.1 Å². The second kappa shape index (κ2) is 5.53. The maximum Gasteiger partial charge on any atom is 0.256 e. The third-order valence-corrected chi connectivity index (χ3v) is 4.10. The standard InChI is InChI=1S/C17H20N6/c1-11-5-3-4-6-14(11)20-16-21-17-19-12(2)9-15(23(17)22-16)18-10-13-7-8-13/h3-6,9,13,18H,7-8,10H2,1-2H3,(H,20,22). The third kappa shape index (κ3) is 2.97. The molecule has 6 nitrogen and oxygen atoms in total. The molecule has 4 rings (SSSR count). The monoisotopic (exact) mass is 308 g/mol. The molecule has 2 N–H and O–H groups in total. The zero-order valence-electron chi connectivity index (χ0n) is 13.4. The molecule has 6 heteroatoms. The minimum Gasteiger partial charge on any atom is -0.370 e. The first-order chi connectivity index (χ1) is 11.2. The highest BCUT2D eigenvalue weighted by atomic mass is 15.4. The predicted octanol–water partition coefficient (Wildman–Crippen LogP) is 3.31. The Morgan fingerprint density at radius 2 is 2.00 bits per heavy atom. The fourth-order valence-electron chi connectivity index (χ4n) is 2.57. The van der Waals surface area contributed by atoms with Crippen LogP contribution >= 0.6 is 0 Å². The summed E-state index contributed by atoms with van der Waals surface area (Å²) in [5, 5.41) is 11.3. The van der Waals surface area contributed by atoms with Crippen LogP contribution in [0.25, 0.3) is 5.78 Å². The van der Waals surface area contributed by atoms with Gasteiger partial charge in [0.25, 0.3) is 5.78 Å². The van der Waals surface area contributed by atoms with Gasteiger partial charge in [0.05, 0.1) is 0 Å². The van der Waals surface area contributed by atoms with E-state index in [1.807, 2.05) is 31.2 Å². The van der Waals surface area contributed by atoms with Gasteiger partial charge < -0.3 is 10.6 Å². The fourth-order valence-corrected chi connectivity index (χ4v) is 2.57. The van der Waals surface area contributed by atoms with Crippen molar-refractivity contribution in [3.8, 4) is 0 Å². The van der Waals surface area contributed by atoms with Crippen molar-refractivity contribution in [3.05, 3.63) is 41.6 Å². The Bertz CT molecular complexity index is 849. The molecule has 0 atom stereocenters. The largest absolute Gasteiger partial charge is 0.370 e. The third-order valence-electron chi connectivity index (χ3n) is 4.10. The normalized spacial score (nSPS) is 14.2. The van der Waals surface area contributed by atoms with Gasteiger partial charge in [0.2, 0.25) is 5.95 Å². The summed E-state index contributed by atoms with van der Waals surface area (Å²) in [6.45, 7) is 5.02. The average molecular weight is 308 g/mol. The van der Waals surface area contributed by atoms with Gasteiger partial charge in [0.15, 0.2) is 0 Å². The zero-order valence-corrected chi connectivity index (χ0v) is 13.4. The van der Waals surface area contributed by atoms with Gasteiger partial charge >= 0.3 is 0 Å². The highest BCUT2D eigenvalue weighted by Gasteiger charge is 2.21. The molecular formula is C17H20N6. The highest BCUT2D eigenvalue weighted by Crippen LogP contribution is 2.29. The summed E-state index contributed by atoms with van der Waals surface area (Å²) >= 11 is 0. The van der Waals surface area contributed by atoms with Crippen molar-refractivity contribution in [1.82, 2.24) is 19.6 Å². The topological polar surface area (TPSA) is 67.1 Å². The minimum atomic E-state index is 0.562. The van der Waals surface area contributed by atoms with E-state index in [9.17, 15) is 0 Å². The molecule has 3 aromatic rings. The number of aryl methyl sites for hydroxylation is 2. The Hall–Kier alpha value is -2.63. The molecule has 1 aromatic carbocycles. The minimum absolute atomic E-state index is 0.562. The van der Waals surface area contributed by atoms with Crippen molar-refractivity contribution in [3.63, 3.8) is 0 Å². The van der Waals surface area contributed by atoms with Gasteiger partial charge in [-0.15, -0.1) is 5.10 Å². The van der Waals surface area contributed by atoms with Crippen molar-refractivity contribution >= 4 is 23.2 Å². The van der Waals surface area contributed by atoms with Crippen LogP contribution in [0.2, 0.25) is 0 Å². The number of para-hydroxylation sites is 1. The van der Waals surface area contributed by atoms with E-state index in [2.05, 4.69) is 38.7 Å². The molecule has 0 saturated heterocycles. The number of rotatable bonds is 5. The Morgan fingerprint density at radius 3 is 2.78 bits per heavy atom. The molecule has 118 valence electrons. The van der Waals surface area contributed by atoms with E-state index in [4.69, 9.17) is 0 Å². The molecule has 1 aliphatic carbocycles. The van der Waals surface area contributed by atoms with E-state index >= 15 is 0 Å². The Balaban J connectivity index is 1.66. The first kappa shape index (κ1) is 14.0. The lowest BCUT2D eigenvalue weighted by Crippen LogP contribution is -2.09. The summed E-state index contributed by atoms with van der Waals surface area (Å²) in [6.07, 6.45) is 2.63. The van der Waals surface area contributed by atoms with Gasteiger partial charge in [-0.1, -0.05) is 18.2 Å². The number of fused-ring (bicyclic) bond motifs is 1. The van der Waals surface area contributed by atoms with Crippen LogP contribution in [-0.2, 0) is 0 Å². The number of nitrogens with one attached hydrogen (secondary N) is 2. The fraction of sp³-hybridized carbons (Fsp3) is 0.353. The predicted molar refractivity (Wildman–Crippen MR) is 91.2 cm³/mol. The molecule has 1 aliphatic rings. The summed E-state index contributed by atoms with van der Waals surface area (Å²) in [6, 6.07) is 10.1. The summed E-state index contributed by atoms with van der Waals surface area (Å²) in [5.41, 5.74) is 3.10. The lowest BCUT2D eigenvalue weighted by Gasteiger charge is -2.07. The van der Waals surface area contributed by atoms with E-state index in [-0.39, 0.29) is 0 Å². The van der Waals surface area contributed by atoms with Gasteiger partial charge in [-0.3, -0.25) is 0 Å². The van der Waals surface area contributed by atoms with Crippen LogP contribution in [0.3, 0.4) is 0 Å². The molecule has 2 heterocycles. The van der Waals surface area contributed by atoms with E-state index in [0.29, 0.717) is 11.7 Å². The van der Waals surface area contributed by atoms with Crippen LogP contribution in [-0.4, -0.2) is 26.1 Å². The molecule has 0 amide bonds. The molecule has 2 aromatic heterocycles. The maximum absolute atomic E-state index is 4.56. The lowest BCUT2D eigenvalue weighted by atomic mass is 10.2. The first-order valence-corrected chi connectivity index (χ1v) is 8.00. The van der Waals surface area contributed by atoms with Crippen LogP contribution in [0.5, 0.6) is 0 Å². The molecule has 0 spiro atoms. The molecule has 0 bridgehead atoms. The second-order valence-corrected chi connectivity index (χ2v) is 6.19. The molecule has 23 heavy (non-hydrogen) atoms. The highest BCUT2D eigenvalue weighted by molar-refractivity contribution is 5.59. The summed E-state index contributed by atoms with van der Waals surface area (Å²) < 4.78 is 1.77. The van der Waals surface area contributed by atoms with Gasteiger partial charge in [-0.05, 0) is 44.2 Å². The van der Waals surface area contributed by atoms with E-state index in [1.165, 1.54) is 12.8 Å². The quantitative estimate of drug-likeness (QED) is 0.757. The van der Waals surface area contributed by atoms with Crippen LogP contribution in [0.15, 0.2) is 30.3 Å². The number of nitrogens with zero attached hydrogens (tertiary/aromatic N) is 4. The molecule has 0 radical (unpaired) electrons. The average Bonchev–Trinajstić information content (AvgIpc) is 3.27. The molecule has 1 saturated carbocycles. The number of hydrogen-bond donors (Lipinski definition) is 2. The maximum atomic E-state index is 4.56. The van der Waals surface area contributed by atoms with E-state index < -0.39 is 0 Å². The Kier molecular flexibility index (Phi) is 3.37. The van der Waals surface area contributed by atoms with E-state index in [1.54, 1.807) is 4.52 Å². The molecule has 0 aliphatic heterocycles. The summed E-state index contributed by atoms with van der Waals surface area (Å²) in [7, 11) is 0. The number of anilines is 3. The molecular weight excluding hydrogens is 288 g/mol. The van der Waals surface area contributed by atoms with Crippen molar-refractivity contribution in [1.29, 1.82) is 0 Å². The first-order valence-electron chi connectivity index (χ1n) is 8.00. The number of benzene rings is 1. The molecule has 0 unspecified atom stereocenters. The van der Waals surface area contributed by atoms with Crippen molar-refractivity contribution < 1.29 is 0 Å². The van der Waals surface area contributed by atoms with Gasteiger partial charge in [0, 0.05) is 24.0 Å². The van der Waals surface area contributed by atoms with Crippen LogP contribution in [0.4, 0.5) is 17.5 Å². The molecule has 1 fully saturated rings. The van der Waals surface area contributed by atoms with Crippen LogP contribution < -0.4 is 10.6 Å². The van der Waals surface area contributed by atoms with Crippen molar-refractivity contribution in [2.24, 2.45) is 5.92 Å². The van der Waals surface area contributed by atoms with Gasteiger partial charge in [0.1, 0.15) is 5.82 Å². The second-order valence-electron chi connectivity index (χ2n) is 6.19. The Labute approximate surface area is 135 Å². The van der Waals surface area contributed by atoms with Gasteiger partial charge in [-0.25, -0.2) is 4.98 Å². The van der Waals surface area contributed by atoms with Crippen molar-refractivity contribution in [2.45, 2.75) is 26.7 Å². The number of aromatic nitrogens is 4. The Morgan fingerprint density at radius 1 is 1.17 bits per heavy atom. The van der Waals surface area contributed by atoms with Crippen LogP contribution in [0, 0.1) is 19.8 Å². The lowest BCUT2D eigenvalue weighted by molar-refractivity contribution is 0.854. The van der Waals surface area contributed by atoms with Gasteiger partial charge in [-0.2, -0.15) is 9.50 Å². The SMILES string of the molecule is Cc1cc(NCC2CC2)n2nc(Nc3ccccc3C)nc2n1. The van der Waals surface area contributed by atoms with E-state index in [0.717, 1.165) is 35.2 Å². The summed E-state index contributed by atoms with van der Waals surface area (Å²) in [4.78, 5) is 8.98. The van der Waals surface area contributed by atoms with Crippen molar-refractivity contribution in [2.75, 3.05) is 17.2 Å². The number of hydrogen-bond acceptors (Lipinski definition) is 5. The smallest absolute Gasteiger partial charge is 0.256 e. The zero-order chi connectivity index (χ0) is 15.8.